The highest BCUT2D eigenvalue weighted by Gasteiger charge is 2.37. The number of ether oxygens (including phenoxy) is 3. The number of methoxy groups -OCH3 is 1. The molecule has 0 bridgehead atoms. The van der Waals surface area contributed by atoms with Gasteiger partial charge in [-0.3, -0.25) is 4.79 Å². The molecule has 1 unspecified atom stereocenters. The lowest BCUT2D eigenvalue weighted by Gasteiger charge is -2.20. The maximum absolute atomic E-state index is 13.9. The van der Waals surface area contributed by atoms with Crippen LogP contribution in [0.15, 0.2) is 54.6 Å². The van der Waals surface area contributed by atoms with E-state index in [1.54, 1.807) is 43.5 Å². The van der Waals surface area contributed by atoms with Gasteiger partial charge in [-0.1, -0.05) is 24.3 Å². The van der Waals surface area contributed by atoms with E-state index in [0.717, 1.165) is 22.8 Å². The monoisotopic (exact) mass is 498 g/mol. The Hall–Kier alpha value is -3.68. The molecule has 3 aromatic carbocycles. The van der Waals surface area contributed by atoms with E-state index in [0.29, 0.717) is 42.3 Å². The van der Waals surface area contributed by atoms with E-state index in [1.165, 1.54) is 6.07 Å². The number of halogens is 3. The molecule has 1 heterocycles. The van der Waals surface area contributed by atoms with Gasteiger partial charge in [-0.2, -0.15) is 13.2 Å². The summed E-state index contributed by atoms with van der Waals surface area (Å²) in [6.07, 6.45) is -3.65. The van der Waals surface area contributed by atoms with Crippen molar-refractivity contribution in [2.75, 3.05) is 13.7 Å². The van der Waals surface area contributed by atoms with Gasteiger partial charge in [0.2, 0.25) is 0 Å². The van der Waals surface area contributed by atoms with Crippen LogP contribution < -0.4 is 14.2 Å². The minimum atomic E-state index is -4.46. The number of alkyl halides is 3. The van der Waals surface area contributed by atoms with Gasteiger partial charge in [0.1, 0.15) is 23.4 Å². The minimum Gasteiger partial charge on any atom is -0.497 e. The molecule has 1 aliphatic carbocycles. The van der Waals surface area contributed by atoms with Crippen LogP contribution >= 0.6 is 0 Å². The fourth-order valence-electron chi connectivity index (χ4n) is 5.15. The first-order valence-corrected chi connectivity index (χ1v) is 11.7. The Morgan fingerprint density at radius 1 is 1.06 bits per heavy atom. The van der Waals surface area contributed by atoms with Crippen molar-refractivity contribution in [2.45, 2.75) is 43.9 Å². The summed E-state index contributed by atoms with van der Waals surface area (Å²) in [5.41, 5.74) is 2.71. The Morgan fingerprint density at radius 3 is 2.47 bits per heavy atom. The molecule has 0 spiro atoms. The van der Waals surface area contributed by atoms with Crippen molar-refractivity contribution in [3.8, 4) is 17.2 Å². The fraction of sp³-hybridized carbons (Fsp3) is 0.321. The van der Waals surface area contributed by atoms with Crippen LogP contribution in [0.25, 0.3) is 0 Å². The van der Waals surface area contributed by atoms with Crippen molar-refractivity contribution in [3.63, 3.8) is 0 Å². The molecule has 3 aromatic rings. The average molecular weight is 498 g/mol. The predicted molar refractivity (Wildman–Crippen MR) is 126 cm³/mol. The second-order valence-electron chi connectivity index (χ2n) is 9.13. The van der Waals surface area contributed by atoms with Crippen LogP contribution in [0, 0.1) is 0 Å². The van der Waals surface area contributed by atoms with Crippen LogP contribution in [0.1, 0.15) is 58.2 Å². The highest BCUT2D eigenvalue weighted by molar-refractivity contribution is 5.68. The lowest BCUT2D eigenvalue weighted by molar-refractivity contribution is -0.138. The van der Waals surface area contributed by atoms with Crippen LogP contribution in [0.4, 0.5) is 13.2 Å². The summed E-state index contributed by atoms with van der Waals surface area (Å²) in [5, 5.41) is 9.09. The zero-order valence-corrected chi connectivity index (χ0v) is 19.6. The third-order valence-corrected chi connectivity index (χ3v) is 6.88. The molecule has 8 heteroatoms. The first kappa shape index (κ1) is 24.0. The molecule has 0 fully saturated rings. The molecule has 1 aliphatic heterocycles. The van der Waals surface area contributed by atoms with Gasteiger partial charge in [-0.15, -0.1) is 0 Å². The topological polar surface area (TPSA) is 65.0 Å². The SMILES string of the molecule is COc1ccc(Cc2c(C(F)(F)F)ccc3c2CC[C@H]3Oc2ccc3c(c2)OCC3CC(=O)O)cc1. The molecule has 0 saturated heterocycles. The van der Waals surface area contributed by atoms with Gasteiger partial charge in [0, 0.05) is 17.5 Å². The maximum atomic E-state index is 13.9. The molecule has 2 atom stereocenters. The third-order valence-electron chi connectivity index (χ3n) is 6.88. The van der Waals surface area contributed by atoms with Crippen LogP contribution in [0.5, 0.6) is 17.2 Å². The maximum Gasteiger partial charge on any atom is 0.416 e. The van der Waals surface area contributed by atoms with E-state index in [2.05, 4.69) is 0 Å². The smallest absolute Gasteiger partial charge is 0.416 e. The van der Waals surface area contributed by atoms with Gasteiger partial charge in [0.25, 0.3) is 0 Å². The number of carboxylic acid groups (broad SMARTS) is 1. The number of carbonyl (C=O) groups is 1. The summed E-state index contributed by atoms with van der Waals surface area (Å²) in [5.74, 6) is 0.681. The quantitative estimate of drug-likeness (QED) is 0.413. The van der Waals surface area contributed by atoms with Crippen molar-refractivity contribution in [1.29, 1.82) is 0 Å². The van der Waals surface area contributed by atoms with Crippen molar-refractivity contribution in [2.24, 2.45) is 0 Å². The normalized spacial score (nSPS) is 18.3. The predicted octanol–water partition coefficient (Wildman–Crippen LogP) is 6.32. The number of hydrogen-bond donors (Lipinski definition) is 1. The molecule has 5 nitrogen and oxygen atoms in total. The Labute approximate surface area is 206 Å². The van der Waals surface area contributed by atoms with E-state index >= 15 is 0 Å². The summed E-state index contributed by atoms with van der Waals surface area (Å²) >= 11 is 0. The highest BCUT2D eigenvalue weighted by Crippen LogP contribution is 2.44. The van der Waals surface area contributed by atoms with E-state index in [1.807, 2.05) is 6.07 Å². The Bertz CT molecular complexity index is 1280. The molecule has 0 aromatic heterocycles. The standard InChI is InChI=1S/C28H25F3O5/c1-34-18-4-2-16(3-5-18)12-23-21-9-11-25(22(21)8-10-24(23)28(29,30)31)36-19-6-7-20-17(13-27(32)33)15-35-26(20)14-19/h2-8,10,14,17,25H,9,11-13,15H2,1H3,(H,32,33)/t17?,25-/m1/s1. The zero-order chi connectivity index (χ0) is 25.4. The molecule has 0 radical (unpaired) electrons. The largest absolute Gasteiger partial charge is 0.497 e. The number of hydrogen-bond acceptors (Lipinski definition) is 4. The lowest BCUT2D eigenvalue weighted by atomic mass is 9.92. The number of carboxylic acids is 1. The number of aliphatic carboxylic acids is 1. The molecule has 36 heavy (non-hydrogen) atoms. The van der Waals surface area contributed by atoms with E-state index < -0.39 is 17.7 Å². The van der Waals surface area contributed by atoms with Crippen LogP contribution in [-0.2, 0) is 23.8 Å². The second-order valence-corrected chi connectivity index (χ2v) is 9.13. The van der Waals surface area contributed by atoms with Gasteiger partial charge in [-0.05, 0) is 65.8 Å². The number of benzene rings is 3. The van der Waals surface area contributed by atoms with Gasteiger partial charge in [0.15, 0.2) is 0 Å². The van der Waals surface area contributed by atoms with Gasteiger partial charge < -0.3 is 19.3 Å². The third kappa shape index (κ3) is 4.72. The van der Waals surface area contributed by atoms with Crippen molar-refractivity contribution in [1.82, 2.24) is 0 Å². The summed E-state index contributed by atoms with van der Waals surface area (Å²) in [6, 6.07) is 15.0. The highest BCUT2D eigenvalue weighted by atomic mass is 19.4. The summed E-state index contributed by atoms with van der Waals surface area (Å²) < 4.78 is 58.8. The minimum absolute atomic E-state index is 0.0122. The first-order chi connectivity index (χ1) is 17.2. The molecule has 188 valence electrons. The van der Waals surface area contributed by atoms with Gasteiger partial charge >= 0.3 is 12.1 Å². The van der Waals surface area contributed by atoms with Crippen molar-refractivity contribution in [3.05, 3.63) is 88.0 Å². The number of rotatable bonds is 7. The molecule has 2 aliphatic rings. The number of fused-ring (bicyclic) bond motifs is 2. The average Bonchev–Trinajstić information content (AvgIpc) is 3.43. The Kier molecular flexibility index (Phi) is 6.28. The van der Waals surface area contributed by atoms with E-state index in [4.69, 9.17) is 19.3 Å². The molecule has 0 amide bonds. The Morgan fingerprint density at radius 2 is 1.78 bits per heavy atom. The molecule has 0 saturated carbocycles. The zero-order valence-electron chi connectivity index (χ0n) is 19.6. The molecule has 5 rings (SSSR count). The summed E-state index contributed by atoms with van der Waals surface area (Å²) in [4.78, 5) is 11.1. The molecular formula is C28H25F3O5. The van der Waals surface area contributed by atoms with Crippen molar-refractivity contribution < 1.29 is 37.3 Å². The van der Waals surface area contributed by atoms with Crippen LogP contribution in [0.2, 0.25) is 0 Å². The van der Waals surface area contributed by atoms with E-state index in [9.17, 15) is 18.0 Å². The first-order valence-electron chi connectivity index (χ1n) is 11.7. The van der Waals surface area contributed by atoms with E-state index in [-0.39, 0.29) is 30.4 Å². The lowest BCUT2D eigenvalue weighted by Crippen LogP contribution is -2.13. The molecule has 1 N–H and O–H groups in total. The fourth-order valence-corrected chi connectivity index (χ4v) is 5.15. The van der Waals surface area contributed by atoms with Crippen LogP contribution in [0.3, 0.4) is 0 Å². The second kappa shape index (κ2) is 9.41. The van der Waals surface area contributed by atoms with Gasteiger partial charge in [-0.25, -0.2) is 0 Å². The summed E-state index contributed by atoms with van der Waals surface area (Å²) in [6.45, 7) is 0.298. The Balaban J connectivity index is 1.42. The molecular weight excluding hydrogens is 473 g/mol. The van der Waals surface area contributed by atoms with Crippen LogP contribution in [-0.4, -0.2) is 24.8 Å². The summed E-state index contributed by atoms with van der Waals surface area (Å²) in [7, 11) is 1.54. The van der Waals surface area contributed by atoms with Gasteiger partial charge in [0.05, 0.1) is 25.7 Å². The van der Waals surface area contributed by atoms with Crippen molar-refractivity contribution >= 4 is 5.97 Å².